The molecule has 0 aliphatic carbocycles. The minimum absolute atomic E-state index is 0.0213. The highest BCUT2D eigenvalue weighted by Crippen LogP contribution is 2.34. The first-order valence-corrected chi connectivity index (χ1v) is 12.1. The number of hydrogen-bond donors (Lipinski definition) is 2. The summed E-state index contributed by atoms with van der Waals surface area (Å²) in [7, 11) is 5.01. The first-order valence-electron chi connectivity index (χ1n) is 12.1. The maximum Gasteiger partial charge on any atom is 0.413 e. The van der Waals surface area contributed by atoms with E-state index in [2.05, 4.69) is 20.2 Å². The van der Waals surface area contributed by atoms with E-state index in [1.54, 1.807) is 30.3 Å². The van der Waals surface area contributed by atoms with Gasteiger partial charge in [-0.1, -0.05) is 0 Å². The average molecular weight is 545 g/mol. The van der Waals surface area contributed by atoms with Crippen LogP contribution in [0.3, 0.4) is 0 Å². The zero-order chi connectivity index (χ0) is 27.9. The predicted octanol–water partition coefficient (Wildman–Crippen LogP) is 4.28. The Morgan fingerprint density at radius 1 is 1.08 bits per heavy atom. The van der Waals surface area contributed by atoms with Crippen molar-refractivity contribution in [1.29, 1.82) is 0 Å². The lowest BCUT2D eigenvalue weighted by Crippen LogP contribution is -2.44. The van der Waals surface area contributed by atoms with E-state index in [0.29, 0.717) is 41.5 Å². The highest BCUT2D eigenvalue weighted by atomic mass is 19.3. The molecule has 1 aromatic heterocycles. The number of halogens is 2. The van der Waals surface area contributed by atoms with Crippen LogP contribution in [0.25, 0.3) is 0 Å². The van der Waals surface area contributed by atoms with Gasteiger partial charge in [0.1, 0.15) is 17.3 Å². The molecular formula is C26H30F2N6O5. The number of hydrogen-bond acceptors (Lipinski definition) is 9. The van der Waals surface area contributed by atoms with Crippen molar-refractivity contribution in [3.05, 3.63) is 54.2 Å². The molecule has 4 rings (SSSR count). The van der Waals surface area contributed by atoms with Crippen LogP contribution in [0.2, 0.25) is 0 Å². The molecule has 39 heavy (non-hydrogen) atoms. The number of benzene rings is 2. The van der Waals surface area contributed by atoms with Gasteiger partial charge in [-0.05, 0) is 43.4 Å². The summed E-state index contributed by atoms with van der Waals surface area (Å²) in [5.41, 5.74) is 1.53. The van der Waals surface area contributed by atoms with E-state index in [0.717, 1.165) is 18.0 Å². The molecule has 2 heterocycles. The number of amides is 1. The van der Waals surface area contributed by atoms with Crippen LogP contribution < -0.4 is 29.3 Å². The van der Waals surface area contributed by atoms with Gasteiger partial charge >= 0.3 is 12.7 Å². The maximum atomic E-state index is 13.2. The fourth-order valence-electron chi connectivity index (χ4n) is 4.20. The van der Waals surface area contributed by atoms with Gasteiger partial charge in [0.15, 0.2) is 5.75 Å². The molecule has 0 atom stereocenters. The average Bonchev–Trinajstić information content (AvgIpc) is 2.92. The van der Waals surface area contributed by atoms with Crippen LogP contribution >= 0.6 is 0 Å². The van der Waals surface area contributed by atoms with Crippen molar-refractivity contribution in [2.45, 2.75) is 13.2 Å². The first-order chi connectivity index (χ1) is 18.8. The second-order valence-corrected chi connectivity index (χ2v) is 8.76. The lowest BCUT2D eigenvalue weighted by Gasteiger charge is -2.34. The van der Waals surface area contributed by atoms with Crippen LogP contribution in [0.4, 0.5) is 36.7 Å². The van der Waals surface area contributed by atoms with E-state index in [-0.39, 0.29) is 24.1 Å². The van der Waals surface area contributed by atoms with Crippen LogP contribution in [-0.4, -0.2) is 80.1 Å². The van der Waals surface area contributed by atoms with Crippen molar-refractivity contribution in [2.75, 3.05) is 62.6 Å². The number of likely N-dealkylation sites (N-methyl/N-ethyl adjacent to an activating group) is 1. The zero-order valence-electron chi connectivity index (χ0n) is 21.8. The Bertz CT molecular complexity index is 1290. The van der Waals surface area contributed by atoms with Gasteiger partial charge in [-0.2, -0.15) is 13.8 Å². The number of piperazine rings is 1. The van der Waals surface area contributed by atoms with Gasteiger partial charge in [-0.15, -0.1) is 0 Å². The number of carbonyl (C=O) groups is 1. The van der Waals surface area contributed by atoms with E-state index >= 15 is 0 Å². The van der Waals surface area contributed by atoms with Crippen molar-refractivity contribution >= 4 is 29.2 Å². The lowest BCUT2D eigenvalue weighted by molar-refractivity contribution is -0.0495. The Balaban J connectivity index is 1.58. The second-order valence-electron chi connectivity index (χ2n) is 8.76. The largest absolute Gasteiger partial charge is 0.497 e. The molecule has 0 radical (unpaired) electrons. The van der Waals surface area contributed by atoms with Crippen LogP contribution in [0.15, 0.2) is 48.7 Å². The lowest BCUT2D eigenvalue weighted by atomic mass is 10.1. The minimum atomic E-state index is -3.00. The second kappa shape index (κ2) is 12.4. The minimum Gasteiger partial charge on any atom is -0.497 e. The molecule has 0 spiro atoms. The van der Waals surface area contributed by atoms with Gasteiger partial charge in [0.2, 0.25) is 5.95 Å². The van der Waals surface area contributed by atoms with Crippen molar-refractivity contribution in [3.63, 3.8) is 0 Å². The van der Waals surface area contributed by atoms with Crippen molar-refractivity contribution in [3.8, 4) is 17.2 Å². The van der Waals surface area contributed by atoms with E-state index in [1.165, 1.54) is 32.5 Å². The molecule has 11 nitrogen and oxygen atoms in total. The molecule has 1 aliphatic heterocycles. The van der Waals surface area contributed by atoms with Crippen molar-refractivity contribution < 1.29 is 32.9 Å². The summed E-state index contributed by atoms with van der Waals surface area (Å²) < 4.78 is 41.9. The van der Waals surface area contributed by atoms with E-state index in [9.17, 15) is 18.7 Å². The SMILES string of the molecule is COc1ccc(OC)c(CN(C(=O)O)c2ccnc(Nc3ccc(N4CCN(C)CC4)c(OC(F)F)c3)n2)c1. The Kier molecular flexibility index (Phi) is 8.81. The first kappa shape index (κ1) is 27.6. The van der Waals surface area contributed by atoms with Gasteiger partial charge in [0.25, 0.3) is 0 Å². The van der Waals surface area contributed by atoms with Crippen molar-refractivity contribution in [1.82, 2.24) is 14.9 Å². The van der Waals surface area contributed by atoms with Gasteiger partial charge < -0.3 is 34.4 Å². The predicted molar refractivity (Wildman–Crippen MR) is 142 cm³/mol. The number of nitrogens with one attached hydrogen (secondary N) is 1. The maximum absolute atomic E-state index is 13.2. The summed E-state index contributed by atoms with van der Waals surface area (Å²) in [4.78, 5) is 25.9. The number of anilines is 4. The quantitative estimate of drug-likeness (QED) is 0.384. The van der Waals surface area contributed by atoms with Crippen LogP contribution in [0.5, 0.6) is 17.2 Å². The number of nitrogens with zero attached hydrogens (tertiary/aromatic N) is 5. The van der Waals surface area contributed by atoms with Crippen LogP contribution in [0.1, 0.15) is 5.56 Å². The highest BCUT2D eigenvalue weighted by Gasteiger charge is 2.22. The molecule has 208 valence electrons. The third-order valence-corrected chi connectivity index (χ3v) is 6.24. The fraction of sp³-hybridized carbons (Fsp3) is 0.346. The molecular weight excluding hydrogens is 514 g/mol. The molecule has 1 aliphatic rings. The number of carboxylic acid groups (broad SMARTS) is 1. The molecule has 13 heteroatoms. The Morgan fingerprint density at radius 2 is 1.85 bits per heavy atom. The molecule has 0 unspecified atom stereocenters. The van der Waals surface area contributed by atoms with E-state index in [4.69, 9.17) is 14.2 Å². The van der Waals surface area contributed by atoms with Gasteiger partial charge in [0, 0.05) is 49.7 Å². The summed E-state index contributed by atoms with van der Waals surface area (Å²) in [6.45, 7) is -0.108. The molecule has 1 fully saturated rings. The third-order valence-electron chi connectivity index (χ3n) is 6.24. The molecule has 0 bridgehead atoms. The molecule has 2 N–H and O–H groups in total. The normalized spacial score (nSPS) is 13.7. The topological polar surface area (TPSA) is 113 Å². The Hall–Kier alpha value is -4.39. The summed E-state index contributed by atoms with van der Waals surface area (Å²) in [5.74, 6) is 1.23. The smallest absolute Gasteiger partial charge is 0.413 e. The Morgan fingerprint density at radius 3 is 2.51 bits per heavy atom. The van der Waals surface area contributed by atoms with E-state index < -0.39 is 12.7 Å². The fourth-order valence-corrected chi connectivity index (χ4v) is 4.20. The van der Waals surface area contributed by atoms with Gasteiger partial charge in [-0.3, -0.25) is 4.90 Å². The third kappa shape index (κ3) is 6.93. The molecule has 1 saturated heterocycles. The number of methoxy groups -OCH3 is 2. The molecule has 3 aromatic rings. The number of aromatic nitrogens is 2. The summed E-state index contributed by atoms with van der Waals surface area (Å²) in [5, 5.41) is 12.9. The summed E-state index contributed by atoms with van der Waals surface area (Å²) in [6, 6.07) is 11.4. The number of ether oxygens (including phenoxy) is 3. The van der Waals surface area contributed by atoms with E-state index in [1.807, 2.05) is 11.9 Å². The zero-order valence-corrected chi connectivity index (χ0v) is 21.8. The highest BCUT2D eigenvalue weighted by molar-refractivity contribution is 5.85. The summed E-state index contributed by atoms with van der Waals surface area (Å²) in [6.07, 6.45) is 0.159. The molecule has 1 amide bonds. The Labute approximate surface area is 224 Å². The number of alkyl halides is 2. The van der Waals surface area contributed by atoms with Crippen LogP contribution in [0, 0.1) is 0 Å². The van der Waals surface area contributed by atoms with Crippen molar-refractivity contribution in [2.24, 2.45) is 0 Å². The number of rotatable bonds is 10. The summed E-state index contributed by atoms with van der Waals surface area (Å²) >= 11 is 0. The molecule has 2 aromatic carbocycles. The standard InChI is InChI=1S/C26H30F2N6O5/c1-32-10-12-33(13-11-32)20-6-4-18(15-22(20)39-24(27)28)30-25-29-9-8-23(31-25)34(26(35)36)16-17-14-19(37-2)5-7-21(17)38-3/h4-9,14-15,24H,10-13,16H2,1-3H3,(H,35,36)(H,29,30,31). The monoisotopic (exact) mass is 544 g/mol. The van der Waals surface area contributed by atoms with Gasteiger partial charge in [0.05, 0.1) is 26.5 Å². The molecule has 0 saturated carbocycles. The van der Waals surface area contributed by atoms with Gasteiger partial charge in [-0.25, -0.2) is 9.78 Å². The van der Waals surface area contributed by atoms with Crippen LogP contribution in [-0.2, 0) is 6.54 Å².